The fraction of sp³-hybridized carbons (Fsp3) is 0. The highest BCUT2D eigenvalue weighted by Gasteiger charge is 2.46. The molecule has 6 heteroatoms. The van der Waals surface area contributed by atoms with Crippen LogP contribution in [0.3, 0.4) is 0 Å². The zero-order valence-electron chi connectivity index (χ0n) is 46.7. The summed E-state index contributed by atoms with van der Waals surface area (Å²) in [5, 5.41) is 12.7. The summed E-state index contributed by atoms with van der Waals surface area (Å²) in [5.41, 5.74) is 26.9. The predicted molar refractivity (Wildman–Crippen MR) is 358 cm³/mol. The van der Waals surface area contributed by atoms with Gasteiger partial charge in [0.15, 0.2) is 5.69 Å². The van der Waals surface area contributed by atoms with E-state index >= 15 is 0 Å². The van der Waals surface area contributed by atoms with Crippen LogP contribution < -0.4 is 26.2 Å². The second-order valence-corrected chi connectivity index (χ2v) is 22.1. The molecule has 0 N–H and O–H groups in total. The van der Waals surface area contributed by atoms with Crippen molar-refractivity contribution in [3.8, 4) is 78.5 Å². The number of fused-ring (bicyclic) bond motifs is 7. The molecule has 398 valence electrons. The molecule has 0 radical (unpaired) electrons. The Morgan fingerprint density at radius 1 is 0.337 bits per heavy atom. The Balaban J connectivity index is 1.12. The van der Waals surface area contributed by atoms with E-state index in [-0.39, 0.29) is 6.71 Å². The predicted octanol–water partition coefficient (Wildman–Crippen LogP) is 19.3. The lowest BCUT2D eigenvalue weighted by Crippen LogP contribution is -2.61. The Labute approximate surface area is 500 Å². The minimum absolute atomic E-state index is 0.332. The molecule has 0 fully saturated rings. The molecule has 3 heterocycles. The Morgan fingerprint density at radius 2 is 0.721 bits per heavy atom. The van der Waals surface area contributed by atoms with Crippen LogP contribution in [-0.4, -0.2) is 11.3 Å². The standard InChI is InChI=1S/C80H50BN5/c1-83-62-33-19-32-59(47-62)61-43-45-75-71(49-61)81-70-48-60(58-31-18-22-53(46-58)52-82)42-44-74(70)85(79-64(54-23-6-2-7-24-54)36-20-37-65(79)55-25-8-3-9-26-55)76-50-63(84-72-40-16-14-34-68(72)69-35-15-17-41-73(69)84)51-77(78(76)81)86(75)80-66(56-27-10-4-11-28-56)38-21-39-67(80)57-29-12-5-13-30-57/h2-51H. The van der Waals surface area contributed by atoms with Gasteiger partial charge in [0.2, 0.25) is 0 Å². The van der Waals surface area contributed by atoms with Gasteiger partial charge in [-0.2, -0.15) is 5.26 Å². The number of para-hydroxylation sites is 4. The van der Waals surface area contributed by atoms with Crippen molar-refractivity contribution in [2.45, 2.75) is 0 Å². The minimum Gasteiger partial charge on any atom is -0.310 e. The number of benzene rings is 13. The highest BCUT2D eigenvalue weighted by atomic mass is 15.2. The van der Waals surface area contributed by atoms with E-state index in [4.69, 9.17) is 6.57 Å². The SMILES string of the molecule is [C-]#[N+]c1cccc(-c2ccc3c(c2)B2c4cc(-c5cccc(C#N)c5)ccc4N(c4c(-c5ccccc5)cccc4-c4ccccc4)c4cc(-n5c6ccccc6c6ccccc65)cc(c42)N3c2c(-c3ccccc3)cccc2-c2ccccc2)c1. The Morgan fingerprint density at radius 3 is 1.16 bits per heavy atom. The molecule has 0 atom stereocenters. The second kappa shape index (κ2) is 20.6. The Kier molecular flexibility index (Phi) is 12.0. The number of hydrogen-bond acceptors (Lipinski definition) is 3. The Hall–Kier alpha value is -11.7. The van der Waals surface area contributed by atoms with Crippen LogP contribution in [0.15, 0.2) is 303 Å². The summed E-state index contributed by atoms with van der Waals surface area (Å²) < 4.78 is 2.47. The van der Waals surface area contributed by atoms with Gasteiger partial charge in [-0.1, -0.05) is 249 Å². The minimum atomic E-state index is -0.332. The summed E-state index contributed by atoms with van der Waals surface area (Å²) in [6.07, 6.45) is 0. The number of aromatic nitrogens is 1. The summed E-state index contributed by atoms with van der Waals surface area (Å²) in [6.45, 7) is 7.78. The van der Waals surface area contributed by atoms with Crippen LogP contribution in [0.2, 0.25) is 0 Å². The molecule has 0 amide bonds. The van der Waals surface area contributed by atoms with Gasteiger partial charge in [-0.05, 0) is 115 Å². The molecule has 13 aromatic carbocycles. The van der Waals surface area contributed by atoms with Gasteiger partial charge in [-0.25, -0.2) is 4.85 Å². The van der Waals surface area contributed by atoms with E-state index in [2.05, 4.69) is 292 Å². The zero-order chi connectivity index (χ0) is 57.2. The maximum absolute atomic E-state index is 10.3. The molecule has 0 saturated carbocycles. The first-order valence-corrected chi connectivity index (χ1v) is 29.1. The van der Waals surface area contributed by atoms with Crippen LogP contribution >= 0.6 is 0 Å². The van der Waals surface area contributed by atoms with Crippen LogP contribution in [-0.2, 0) is 0 Å². The van der Waals surface area contributed by atoms with Crippen LogP contribution in [0.1, 0.15) is 5.56 Å². The van der Waals surface area contributed by atoms with Gasteiger partial charge in [0, 0.05) is 55.8 Å². The molecule has 0 spiro atoms. The van der Waals surface area contributed by atoms with Gasteiger partial charge < -0.3 is 14.4 Å². The van der Waals surface area contributed by atoms with E-state index in [1.54, 1.807) is 0 Å². The van der Waals surface area contributed by atoms with Crippen molar-refractivity contribution in [1.29, 1.82) is 5.26 Å². The Bertz CT molecular complexity index is 4670. The molecule has 0 aliphatic carbocycles. The summed E-state index contributed by atoms with van der Waals surface area (Å²) in [6, 6.07) is 112. The highest BCUT2D eigenvalue weighted by molar-refractivity contribution is 7.00. The molecule has 86 heavy (non-hydrogen) atoms. The summed E-state index contributed by atoms with van der Waals surface area (Å²) >= 11 is 0. The third-order valence-electron chi connectivity index (χ3n) is 17.4. The lowest BCUT2D eigenvalue weighted by molar-refractivity contribution is 1.16. The van der Waals surface area contributed by atoms with Crippen molar-refractivity contribution in [1.82, 2.24) is 4.57 Å². The molecule has 0 bridgehead atoms. The topological polar surface area (TPSA) is 39.6 Å². The molecule has 1 aromatic heterocycles. The molecule has 16 rings (SSSR count). The molecule has 5 nitrogen and oxygen atoms in total. The molecule has 14 aromatic rings. The molecular formula is C80H50BN5. The van der Waals surface area contributed by atoms with E-state index in [0.29, 0.717) is 11.3 Å². The van der Waals surface area contributed by atoms with Gasteiger partial charge in [-0.3, -0.25) is 0 Å². The van der Waals surface area contributed by atoms with Crippen LogP contribution in [0.25, 0.3) is 99.1 Å². The normalized spacial score (nSPS) is 12.1. The van der Waals surface area contributed by atoms with Crippen molar-refractivity contribution >= 4 is 84.7 Å². The van der Waals surface area contributed by atoms with Crippen molar-refractivity contribution in [3.05, 3.63) is 320 Å². The maximum Gasteiger partial charge on any atom is 0.252 e. The maximum atomic E-state index is 10.3. The van der Waals surface area contributed by atoms with Crippen molar-refractivity contribution < 1.29 is 0 Å². The third-order valence-corrected chi connectivity index (χ3v) is 17.4. The zero-order valence-corrected chi connectivity index (χ0v) is 46.7. The van der Waals surface area contributed by atoms with E-state index in [1.165, 1.54) is 10.8 Å². The van der Waals surface area contributed by atoms with Crippen molar-refractivity contribution in [3.63, 3.8) is 0 Å². The van der Waals surface area contributed by atoms with E-state index in [9.17, 15) is 5.26 Å². The molecule has 0 saturated heterocycles. The van der Waals surface area contributed by atoms with Gasteiger partial charge in [0.05, 0.1) is 46.3 Å². The summed E-state index contributed by atoms with van der Waals surface area (Å²) in [5.74, 6) is 0. The fourth-order valence-electron chi connectivity index (χ4n) is 13.7. The monoisotopic (exact) mass is 1090 g/mol. The van der Waals surface area contributed by atoms with Crippen LogP contribution in [0.4, 0.5) is 39.8 Å². The van der Waals surface area contributed by atoms with Gasteiger partial charge in [0.25, 0.3) is 6.71 Å². The molecule has 0 unspecified atom stereocenters. The smallest absolute Gasteiger partial charge is 0.252 e. The number of rotatable bonds is 9. The number of nitrogens with zero attached hydrogens (tertiary/aromatic N) is 5. The largest absolute Gasteiger partial charge is 0.310 e. The number of nitriles is 1. The van der Waals surface area contributed by atoms with Crippen molar-refractivity contribution in [2.75, 3.05) is 9.80 Å². The lowest BCUT2D eigenvalue weighted by atomic mass is 9.33. The van der Waals surface area contributed by atoms with E-state index in [0.717, 1.165) is 134 Å². The highest BCUT2D eigenvalue weighted by Crippen LogP contribution is 2.54. The first-order valence-electron chi connectivity index (χ1n) is 29.1. The van der Waals surface area contributed by atoms with Crippen molar-refractivity contribution in [2.24, 2.45) is 0 Å². The van der Waals surface area contributed by atoms with E-state index < -0.39 is 0 Å². The second-order valence-electron chi connectivity index (χ2n) is 22.1. The molecular weight excluding hydrogens is 1040 g/mol. The van der Waals surface area contributed by atoms with E-state index in [1.807, 2.05) is 36.4 Å². The average molecular weight is 1090 g/mol. The molecule has 2 aliphatic rings. The first-order chi connectivity index (χ1) is 42.6. The van der Waals surface area contributed by atoms with Gasteiger partial charge in [-0.15, -0.1) is 0 Å². The quantitative estimate of drug-likeness (QED) is 0.107. The average Bonchev–Trinajstić information content (AvgIpc) is 0.814. The summed E-state index contributed by atoms with van der Waals surface area (Å²) in [7, 11) is 0. The fourth-order valence-corrected chi connectivity index (χ4v) is 13.7. The lowest BCUT2D eigenvalue weighted by Gasteiger charge is -2.46. The number of hydrogen-bond donors (Lipinski definition) is 0. The third kappa shape index (κ3) is 8.16. The summed E-state index contributed by atoms with van der Waals surface area (Å²) in [4.78, 5) is 9.07. The van der Waals surface area contributed by atoms with Crippen LogP contribution in [0, 0.1) is 17.9 Å². The number of anilines is 6. The van der Waals surface area contributed by atoms with Gasteiger partial charge in [0.1, 0.15) is 0 Å². The first kappa shape index (κ1) is 50.1. The van der Waals surface area contributed by atoms with Gasteiger partial charge >= 0.3 is 0 Å². The van der Waals surface area contributed by atoms with Crippen LogP contribution in [0.5, 0.6) is 0 Å². The molecule has 2 aliphatic heterocycles.